The largest absolute Gasteiger partial charge is 0.463 e. The van der Waals surface area contributed by atoms with E-state index in [9.17, 15) is 4.79 Å². The quantitative estimate of drug-likeness (QED) is 0.434. The van der Waals surface area contributed by atoms with Crippen molar-refractivity contribution in [2.24, 2.45) is 15.1 Å². The van der Waals surface area contributed by atoms with E-state index < -0.39 is 0 Å². The third-order valence-corrected chi connectivity index (χ3v) is 6.72. The number of nitrogens with zero attached hydrogens (tertiary/aromatic N) is 5. The number of furan rings is 1. The molecule has 0 saturated heterocycles. The van der Waals surface area contributed by atoms with Crippen LogP contribution in [-0.2, 0) is 4.79 Å². The Morgan fingerprint density at radius 1 is 0.972 bits per heavy atom. The zero-order valence-electron chi connectivity index (χ0n) is 20.7. The molecular weight excluding hydrogens is 450 g/mol. The van der Waals surface area contributed by atoms with E-state index in [1.54, 1.807) is 11.3 Å². The molecule has 3 heterocycles. The average Bonchev–Trinajstić information content (AvgIpc) is 3.69. The van der Waals surface area contributed by atoms with Crippen molar-refractivity contribution >= 4 is 23.0 Å². The molecule has 36 heavy (non-hydrogen) atoms. The second-order valence-electron chi connectivity index (χ2n) is 8.90. The van der Waals surface area contributed by atoms with Crippen molar-refractivity contribution in [3.63, 3.8) is 0 Å². The van der Waals surface area contributed by atoms with E-state index >= 15 is 0 Å². The Kier molecular flexibility index (Phi) is 7.18. The highest BCUT2D eigenvalue weighted by Crippen LogP contribution is 2.32. The second kappa shape index (κ2) is 10.8. The molecule has 1 aromatic heterocycles. The van der Waals surface area contributed by atoms with Crippen LogP contribution < -0.4 is 0 Å². The molecule has 7 nitrogen and oxygen atoms in total. The van der Waals surface area contributed by atoms with Gasteiger partial charge in [-0.2, -0.15) is 5.10 Å². The summed E-state index contributed by atoms with van der Waals surface area (Å²) in [7, 11) is 0. The van der Waals surface area contributed by atoms with Crippen LogP contribution in [0.2, 0.25) is 0 Å². The first kappa shape index (κ1) is 23.9. The van der Waals surface area contributed by atoms with Crippen molar-refractivity contribution in [1.82, 2.24) is 9.91 Å². The molecule has 0 aliphatic carbocycles. The molecule has 0 N–H and O–H groups in total. The minimum atomic E-state index is -0.350. The van der Waals surface area contributed by atoms with Gasteiger partial charge in [-0.15, -0.1) is 0 Å². The Balaban J connectivity index is 1.51. The van der Waals surface area contributed by atoms with Gasteiger partial charge in [-0.3, -0.25) is 14.8 Å². The van der Waals surface area contributed by atoms with E-state index in [2.05, 4.69) is 18.7 Å². The first-order chi connectivity index (χ1) is 17.7. The van der Waals surface area contributed by atoms with E-state index in [1.165, 1.54) is 0 Å². The van der Waals surface area contributed by atoms with E-state index in [4.69, 9.17) is 19.5 Å². The summed E-state index contributed by atoms with van der Waals surface area (Å²) in [5.41, 5.74) is 4.35. The van der Waals surface area contributed by atoms with Crippen LogP contribution in [0.25, 0.3) is 0 Å². The first-order valence-electron chi connectivity index (χ1n) is 12.6. The van der Waals surface area contributed by atoms with Crippen LogP contribution in [0.4, 0.5) is 0 Å². The monoisotopic (exact) mass is 481 g/mol. The Morgan fingerprint density at radius 3 is 2.36 bits per heavy atom. The minimum absolute atomic E-state index is 0.0215. The molecule has 0 radical (unpaired) electrons. The van der Waals surface area contributed by atoms with E-state index in [1.807, 2.05) is 72.8 Å². The number of carbonyl (C=O) groups excluding carboxylic acids is 1. The lowest BCUT2D eigenvalue weighted by molar-refractivity contribution is -0.132. The van der Waals surface area contributed by atoms with E-state index in [-0.39, 0.29) is 18.1 Å². The van der Waals surface area contributed by atoms with Crippen molar-refractivity contribution < 1.29 is 9.21 Å². The van der Waals surface area contributed by atoms with Crippen LogP contribution in [0.5, 0.6) is 0 Å². The lowest BCUT2D eigenvalue weighted by atomic mass is 9.96. The smallest absolute Gasteiger partial charge is 0.244 e. The number of hydrazone groups is 1. The molecule has 2 aliphatic heterocycles. The van der Waals surface area contributed by atoms with Crippen LogP contribution in [0, 0.1) is 0 Å². The van der Waals surface area contributed by atoms with Crippen LogP contribution in [0.3, 0.4) is 0 Å². The molecule has 1 amide bonds. The normalized spacial score (nSPS) is 19.4. The van der Waals surface area contributed by atoms with Gasteiger partial charge in [0.15, 0.2) is 6.17 Å². The summed E-state index contributed by atoms with van der Waals surface area (Å²) < 4.78 is 5.64. The highest BCUT2D eigenvalue weighted by molar-refractivity contribution is 6.51. The first-order valence-corrected chi connectivity index (χ1v) is 12.6. The molecular formula is C29H31N5O2. The molecule has 184 valence electrons. The maximum absolute atomic E-state index is 13.5. The fraction of sp³-hybridized carbons (Fsp3) is 0.310. The van der Waals surface area contributed by atoms with Crippen LogP contribution in [-0.4, -0.2) is 58.6 Å². The number of benzene rings is 2. The van der Waals surface area contributed by atoms with Gasteiger partial charge in [0.25, 0.3) is 0 Å². The van der Waals surface area contributed by atoms with Crippen molar-refractivity contribution in [3.05, 3.63) is 95.9 Å². The molecule has 3 aromatic rings. The molecule has 0 spiro atoms. The molecule has 5 rings (SSSR count). The topological polar surface area (TPSA) is 73.8 Å². The van der Waals surface area contributed by atoms with Crippen LogP contribution in [0.15, 0.2) is 98.6 Å². The van der Waals surface area contributed by atoms with Gasteiger partial charge in [-0.25, -0.2) is 5.01 Å². The van der Waals surface area contributed by atoms with E-state index in [0.717, 1.165) is 41.4 Å². The summed E-state index contributed by atoms with van der Waals surface area (Å²) in [4.78, 5) is 25.9. The van der Waals surface area contributed by atoms with Crippen molar-refractivity contribution in [2.45, 2.75) is 38.9 Å². The highest BCUT2D eigenvalue weighted by atomic mass is 16.3. The second-order valence-corrected chi connectivity index (χ2v) is 8.90. The number of aliphatic imine (C=N–C) groups is 2. The lowest BCUT2D eigenvalue weighted by Gasteiger charge is -2.24. The standard InChI is InChI=1S/C29H31N5O2/c1-3-33(4-2)18-17-26(35)34-24(20-23(32-34)25-16-11-19-36-25)28-27(21-12-7-5-8-13-21)30-29(31-28)22-14-9-6-10-15-22/h5-16,19,24,29H,3-4,17-18,20H2,1-2H3/t24-,29-/m1/s1. The molecule has 0 fully saturated rings. The Labute approximate surface area is 211 Å². The molecule has 2 aliphatic rings. The predicted molar refractivity (Wildman–Crippen MR) is 142 cm³/mol. The molecule has 0 unspecified atom stereocenters. The number of hydrogen-bond acceptors (Lipinski definition) is 6. The maximum Gasteiger partial charge on any atom is 0.244 e. The zero-order valence-corrected chi connectivity index (χ0v) is 20.7. The van der Waals surface area contributed by atoms with Crippen molar-refractivity contribution in [3.8, 4) is 0 Å². The van der Waals surface area contributed by atoms with Crippen molar-refractivity contribution in [2.75, 3.05) is 19.6 Å². The van der Waals surface area contributed by atoms with Gasteiger partial charge >= 0.3 is 0 Å². The summed E-state index contributed by atoms with van der Waals surface area (Å²) in [5.74, 6) is 0.655. The third-order valence-electron chi connectivity index (χ3n) is 6.72. The Morgan fingerprint density at radius 2 is 1.69 bits per heavy atom. The van der Waals surface area contributed by atoms with Crippen molar-refractivity contribution in [1.29, 1.82) is 0 Å². The van der Waals surface area contributed by atoms with E-state index in [0.29, 0.717) is 25.1 Å². The SMILES string of the molecule is CCN(CC)CCC(=O)N1N=C(c2ccco2)C[C@@H]1C1=N[C@H](c2ccccc2)N=C1c1ccccc1. The summed E-state index contributed by atoms with van der Waals surface area (Å²) in [6, 6.07) is 23.5. The molecule has 0 saturated carbocycles. The molecule has 2 atom stereocenters. The summed E-state index contributed by atoms with van der Waals surface area (Å²) in [5, 5.41) is 6.38. The molecule has 7 heteroatoms. The number of carbonyl (C=O) groups is 1. The Bertz CT molecular complexity index is 1260. The summed E-state index contributed by atoms with van der Waals surface area (Å²) in [6.45, 7) is 6.73. The van der Waals surface area contributed by atoms with Crippen LogP contribution >= 0.6 is 0 Å². The number of rotatable bonds is 9. The predicted octanol–water partition coefficient (Wildman–Crippen LogP) is 4.96. The van der Waals surface area contributed by atoms with Gasteiger partial charge in [-0.1, -0.05) is 74.5 Å². The summed E-state index contributed by atoms with van der Waals surface area (Å²) >= 11 is 0. The fourth-order valence-electron chi connectivity index (χ4n) is 4.70. The minimum Gasteiger partial charge on any atom is -0.463 e. The highest BCUT2D eigenvalue weighted by Gasteiger charge is 2.40. The third kappa shape index (κ3) is 4.93. The van der Waals surface area contributed by atoms with Gasteiger partial charge in [0, 0.05) is 24.9 Å². The molecule has 2 aromatic carbocycles. The van der Waals surface area contributed by atoms with Crippen LogP contribution in [0.1, 0.15) is 49.7 Å². The van der Waals surface area contributed by atoms with Gasteiger partial charge in [-0.05, 0) is 30.8 Å². The average molecular weight is 482 g/mol. The van der Waals surface area contributed by atoms with Gasteiger partial charge in [0.1, 0.15) is 17.5 Å². The lowest BCUT2D eigenvalue weighted by Crippen LogP contribution is -2.42. The fourth-order valence-corrected chi connectivity index (χ4v) is 4.70. The van der Waals surface area contributed by atoms with Gasteiger partial charge in [0.2, 0.25) is 5.91 Å². The maximum atomic E-state index is 13.5. The zero-order chi connectivity index (χ0) is 24.9. The summed E-state index contributed by atoms with van der Waals surface area (Å²) in [6.07, 6.45) is 2.20. The van der Waals surface area contributed by atoms with Gasteiger partial charge < -0.3 is 9.32 Å². The number of amides is 1. The molecule has 0 bridgehead atoms. The number of hydrogen-bond donors (Lipinski definition) is 0. The van der Waals surface area contributed by atoms with Gasteiger partial charge in [0.05, 0.1) is 17.7 Å². The Hall–Kier alpha value is -3.84.